The second-order valence-corrected chi connectivity index (χ2v) is 5.60. The van der Waals surface area contributed by atoms with E-state index in [0.717, 1.165) is 11.0 Å². The minimum atomic E-state index is -1.29. The van der Waals surface area contributed by atoms with Crippen molar-refractivity contribution in [2.45, 2.75) is 13.0 Å². The molecular weight excluding hydrogens is 333 g/mol. The molecule has 0 radical (unpaired) electrons. The fourth-order valence-electron chi connectivity index (χ4n) is 2.62. The van der Waals surface area contributed by atoms with Crippen LogP contribution in [0.25, 0.3) is 0 Å². The first-order chi connectivity index (χ1) is 11.9. The molecule has 1 aromatic rings. The fourth-order valence-corrected chi connectivity index (χ4v) is 2.62. The predicted molar refractivity (Wildman–Crippen MR) is 89.4 cm³/mol. The summed E-state index contributed by atoms with van der Waals surface area (Å²) in [4.78, 5) is 25.3. The Kier molecular flexibility index (Phi) is 6.54. The van der Waals surface area contributed by atoms with E-state index in [4.69, 9.17) is 15.2 Å². The Bertz CT molecular complexity index is 622. The Morgan fingerprint density at radius 2 is 2.12 bits per heavy atom. The van der Waals surface area contributed by atoms with Crippen LogP contribution in [0.4, 0.5) is 20.6 Å². The molecule has 0 aromatic heterocycles. The lowest BCUT2D eigenvalue weighted by Gasteiger charge is -2.30. The number of hydrogen-bond donors (Lipinski definition) is 2. The molecule has 1 saturated heterocycles. The summed E-state index contributed by atoms with van der Waals surface area (Å²) in [6, 6.07) is 4.21. The maximum atomic E-state index is 14.5. The molecule has 1 aliphatic heterocycles. The minimum Gasteiger partial charge on any atom is -0.465 e. The van der Waals surface area contributed by atoms with Gasteiger partial charge in [-0.25, -0.2) is 9.18 Å². The first-order valence-corrected chi connectivity index (χ1v) is 7.92. The summed E-state index contributed by atoms with van der Waals surface area (Å²) < 4.78 is 24.7. The van der Waals surface area contributed by atoms with Crippen molar-refractivity contribution in [3.8, 4) is 0 Å². The molecule has 0 aliphatic carbocycles. The highest BCUT2D eigenvalue weighted by molar-refractivity contribution is 5.86. The van der Waals surface area contributed by atoms with Crippen LogP contribution in [-0.2, 0) is 14.3 Å². The van der Waals surface area contributed by atoms with Crippen molar-refractivity contribution in [2.24, 2.45) is 5.73 Å². The van der Waals surface area contributed by atoms with E-state index in [9.17, 15) is 19.1 Å². The van der Waals surface area contributed by atoms with Crippen molar-refractivity contribution in [2.75, 3.05) is 49.2 Å². The smallest absolute Gasteiger partial charge is 0.411 e. The van der Waals surface area contributed by atoms with E-state index in [-0.39, 0.29) is 18.8 Å². The summed E-state index contributed by atoms with van der Waals surface area (Å²) in [5.74, 6) is -1.09. The number of nitrogens with zero attached hydrogens (tertiary/aromatic N) is 2. The third-order valence-electron chi connectivity index (χ3n) is 3.81. The number of carbonyl (C=O) groups excluding carboxylic acids is 1. The molecule has 2 rings (SSSR count). The van der Waals surface area contributed by atoms with Gasteiger partial charge in [0.1, 0.15) is 11.9 Å². The Labute approximate surface area is 144 Å². The number of benzene rings is 1. The monoisotopic (exact) mass is 355 g/mol. The highest BCUT2D eigenvalue weighted by Gasteiger charge is 2.23. The molecule has 1 fully saturated rings. The second kappa shape index (κ2) is 8.63. The van der Waals surface area contributed by atoms with Crippen molar-refractivity contribution in [1.82, 2.24) is 0 Å². The van der Waals surface area contributed by atoms with E-state index in [1.165, 1.54) is 19.1 Å². The van der Waals surface area contributed by atoms with Gasteiger partial charge in [0.2, 0.25) is 0 Å². The summed E-state index contributed by atoms with van der Waals surface area (Å²) in [5.41, 5.74) is 6.05. The van der Waals surface area contributed by atoms with Gasteiger partial charge in [0.15, 0.2) is 0 Å². The highest BCUT2D eigenvalue weighted by Crippen LogP contribution is 2.26. The number of anilines is 2. The number of nitrogens with two attached hydrogens (primary N) is 1. The van der Waals surface area contributed by atoms with Crippen LogP contribution in [0, 0.1) is 5.82 Å². The number of ether oxygens (including phenoxy) is 2. The average molecular weight is 355 g/mol. The summed E-state index contributed by atoms with van der Waals surface area (Å²) in [6.07, 6.45) is -2.10. The SMILES string of the molecule is CC(=O)O[C@H](CN)CN(C(=O)O)c1ccc(N2CCOCC2)c(F)c1. The molecule has 9 heteroatoms. The van der Waals surface area contributed by atoms with Crippen molar-refractivity contribution < 1.29 is 28.6 Å². The zero-order chi connectivity index (χ0) is 18.4. The Balaban J connectivity index is 2.19. The predicted octanol–water partition coefficient (Wildman–Crippen LogP) is 1.04. The number of halogens is 1. The van der Waals surface area contributed by atoms with Gasteiger partial charge in [-0.1, -0.05) is 0 Å². The van der Waals surface area contributed by atoms with Gasteiger partial charge in [-0.3, -0.25) is 9.69 Å². The van der Waals surface area contributed by atoms with E-state index in [1.54, 1.807) is 0 Å². The number of rotatable bonds is 6. The van der Waals surface area contributed by atoms with Crippen LogP contribution in [0.2, 0.25) is 0 Å². The standard InChI is InChI=1S/C16H22FN3O5/c1-11(21)25-13(9-18)10-20(16(22)23)12-2-3-15(14(17)8-12)19-4-6-24-7-5-19/h2-3,8,13H,4-7,9-10,18H2,1H3,(H,22,23)/t13-/m1/s1. The highest BCUT2D eigenvalue weighted by atomic mass is 19.1. The zero-order valence-electron chi connectivity index (χ0n) is 14.0. The molecule has 0 saturated carbocycles. The summed E-state index contributed by atoms with van der Waals surface area (Å²) in [6.45, 7) is 3.16. The summed E-state index contributed by atoms with van der Waals surface area (Å²) in [5, 5.41) is 9.41. The Morgan fingerprint density at radius 1 is 1.44 bits per heavy atom. The third-order valence-corrected chi connectivity index (χ3v) is 3.81. The van der Waals surface area contributed by atoms with Crippen molar-refractivity contribution >= 4 is 23.4 Å². The molecule has 138 valence electrons. The first-order valence-electron chi connectivity index (χ1n) is 7.92. The Morgan fingerprint density at radius 3 is 2.64 bits per heavy atom. The molecule has 1 atom stereocenters. The van der Waals surface area contributed by atoms with Gasteiger partial charge in [0.05, 0.1) is 31.1 Å². The molecule has 1 aromatic carbocycles. The van der Waals surface area contributed by atoms with Crippen molar-refractivity contribution in [3.05, 3.63) is 24.0 Å². The number of esters is 1. The van der Waals surface area contributed by atoms with Crippen LogP contribution in [-0.4, -0.2) is 62.7 Å². The second-order valence-electron chi connectivity index (χ2n) is 5.60. The Hall–Kier alpha value is -2.39. The van der Waals surface area contributed by atoms with Crippen LogP contribution in [0.15, 0.2) is 18.2 Å². The van der Waals surface area contributed by atoms with Crippen molar-refractivity contribution in [3.63, 3.8) is 0 Å². The molecule has 1 aliphatic rings. The normalized spacial score (nSPS) is 15.6. The van der Waals surface area contributed by atoms with Gasteiger partial charge in [-0.15, -0.1) is 0 Å². The van der Waals surface area contributed by atoms with Crippen molar-refractivity contribution in [1.29, 1.82) is 0 Å². The van der Waals surface area contributed by atoms with Crippen LogP contribution >= 0.6 is 0 Å². The quantitative estimate of drug-likeness (QED) is 0.735. The van der Waals surface area contributed by atoms with Crippen LogP contribution in [0.1, 0.15) is 6.92 Å². The summed E-state index contributed by atoms with van der Waals surface area (Å²) >= 11 is 0. The van der Waals surface area contributed by atoms with E-state index in [2.05, 4.69) is 0 Å². The molecule has 0 spiro atoms. The lowest BCUT2D eigenvalue weighted by atomic mass is 10.2. The van der Waals surface area contributed by atoms with Gasteiger partial charge < -0.3 is 25.2 Å². The van der Waals surface area contributed by atoms with Crippen LogP contribution < -0.4 is 15.5 Å². The lowest BCUT2D eigenvalue weighted by Crippen LogP contribution is -2.42. The lowest BCUT2D eigenvalue weighted by molar-refractivity contribution is -0.145. The van der Waals surface area contributed by atoms with Gasteiger partial charge >= 0.3 is 12.1 Å². The van der Waals surface area contributed by atoms with E-state index in [1.807, 2.05) is 4.90 Å². The zero-order valence-corrected chi connectivity index (χ0v) is 14.0. The molecule has 1 amide bonds. The number of hydrogen-bond acceptors (Lipinski definition) is 6. The maximum Gasteiger partial charge on any atom is 0.411 e. The van der Waals surface area contributed by atoms with Gasteiger partial charge in [-0.2, -0.15) is 0 Å². The maximum absolute atomic E-state index is 14.5. The van der Waals surface area contributed by atoms with Gasteiger partial charge in [-0.05, 0) is 18.2 Å². The minimum absolute atomic E-state index is 0.0439. The molecule has 3 N–H and O–H groups in total. The van der Waals surface area contributed by atoms with Crippen LogP contribution in [0.3, 0.4) is 0 Å². The van der Waals surface area contributed by atoms with E-state index in [0.29, 0.717) is 32.0 Å². The van der Waals surface area contributed by atoms with Gasteiger partial charge in [0, 0.05) is 26.6 Å². The molecule has 0 unspecified atom stereocenters. The third kappa shape index (κ3) is 5.04. The first kappa shape index (κ1) is 18.9. The average Bonchev–Trinajstić information content (AvgIpc) is 2.58. The topological polar surface area (TPSA) is 105 Å². The van der Waals surface area contributed by atoms with E-state index < -0.39 is 24.0 Å². The largest absolute Gasteiger partial charge is 0.465 e. The number of carboxylic acid groups (broad SMARTS) is 1. The number of amides is 1. The molecule has 25 heavy (non-hydrogen) atoms. The molecule has 8 nitrogen and oxygen atoms in total. The fraction of sp³-hybridized carbons (Fsp3) is 0.500. The molecule has 0 bridgehead atoms. The number of carbonyl (C=O) groups is 2. The van der Waals surface area contributed by atoms with Crippen LogP contribution in [0.5, 0.6) is 0 Å². The molecular formula is C16H22FN3O5. The number of morpholine rings is 1. The van der Waals surface area contributed by atoms with E-state index >= 15 is 0 Å². The summed E-state index contributed by atoms with van der Waals surface area (Å²) in [7, 11) is 0. The van der Waals surface area contributed by atoms with Gasteiger partial charge in [0.25, 0.3) is 0 Å². The molecule has 1 heterocycles.